The molecule has 1 saturated heterocycles. The van der Waals surface area contributed by atoms with Crippen LogP contribution in [-0.2, 0) is 25.8 Å². The molecule has 2 amide bonds. The number of aromatic amines is 1. The van der Waals surface area contributed by atoms with E-state index in [0.29, 0.717) is 19.4 Å². The molecule has 0 unspecified atom stereocenters. The van der Waals surface area contributed by atoms with Crippen molar-refractivity contribution < 1.29 is 18.0 Å². The van der Waals surface area contributed by atoms with Gasteiger partial charge in [0.15, 0.2) is 9.84 Å². The summed E-state index contributed by atoms with van der Waals surface area (Å²) in [5, 5.41) is 9.39. The van der Waals surface area contributed by atoms with Gasteiger partial charge in [-0.2, -0.15) is 5.10 Å². The Kier molecular flexibility index (Phi) is 4.92. The molecule has 8 nitrogen and oxygen atoms in total. The Bertz CT molecular complexity index is 1060. The fourth-order valence-corrected chi connectivity index (χ4v) is 5.43. The Hall–Kier alpha value is -2.68. The normalized spacial score (nSPS) is 21.7. The van der Waals surface area contributed by atoms with Crippen molar-refractivity contribution in [3.63, 3.8) is 0 Å². The number of hydrazone groups is 1. The molecule has 148 valence electrons. The van der Waals surface area contributed by atoms with Gasteiger partial charge in [0.05, 0.1) is 17.5 Å². The molecule has 0 bridgehead atoms. The van der Waals surface area contributed by atoms with E-state index >= 15 is 0 Å². The molecular formula is C19H22N4O4S. The zero-order chi connectivity index (χ0) is 19.7. The molecular weight excluding hydrogens is 380 g/mol. The van der Waals surface area contributed by atoms with Crippen molar-refractivity contribution in [2.45, 2.75) is 31.7 Å². The summed E-state index contributed by atoms with van der Waals surface area (Å²) in [6, 6.07) is 7.51. The van der Waals surface area contributed by atoms with Crippen molar-refractivity contribution in [2.75, 3.05) is 18.1 Å². The molecule has 1 fully saturated rings. The molecule has 2 N–H and O–H groups in total. The summed E-state index contributed by atoms with van der Waals surface area (Å²) in [5.41, 5.74) is 2.46. The summed E-state index contributed by atoms with van der Waals surface area (Å²) in [7, 11) is -3.13. The molecule has 9 heteroatoms. The summed E-state index contributed by atoms with van der Waals surface area (Å²) in [5.74, 6) is -0.559. The number of fused-ring (bicyclic) bond motifs is 1. The number of nitrogens with zero attached hydrogens (tertiary/aromatic N) is 2. The standard InChI is InChI=1S/C19H22N4O4S/c24-18-6-5-17(22-23(18)14-8-10-28(26,27)12-14)19(25)20-9-7-13-11-21-16-4-2-1-3-15(13)16/h1-4,11,14,21H,5-10,12H2,(H,20,25)/t14-/m0/s1. The van der Waals surface area contributed by atoms with Gasteiger partial charge in [-0.05, 0) is 24.5 Å². The third-order valence-corrected chi connectivity index (χ3v) is 6.98. The molecule has 28 heavy (non-hydrogen) atoms. The first-order valence-corrected chi connectivity index (χ1v) is 11.2. The highest BCUT2D eigenvalue weighted by atomic mass is 32.2. The van der Waals surface area contributed by atoms with E-state index in [1.54, 1.807) is 0 Å². The average molecular weight is 402 g/mol. The highest BCUT2D eigenvalue weighted by Gasteiger charge is 2.37. The number of aromatic nitrogens is 1. The summed E-state index contributed by atoms with van der Waals surface area (Å²) >= 11 is 0. The van der Waals surface area contributed by atoms with Crippen LogP contribution in [0.4, 0.5) is 0 Å². The molecule has 0 aliphatic carbocycles. The van der Waals surface area contributed by atoms with Crippen LogP contribution in [0.3, 0.4) is 0 Å². The monoisotopic (exact) mass is 402 g/mol. The molecule has 0 saturated carbocycles. The fraction of sp³-hybridized carbons (Fsp3) is 0.421. The van der Waals surface area contributed by atoms with Gasteiger partial charge in [-0.15, -0.1) is 0 Å². The Balaban J connectivity index is 1.38. The second kappa shape index (κ2) is 7.38. The number of benzene rings is 1. The van der Waals surface area contributed by atoms with Crippen molar-refractivity contribution in [3.8, 4) is 0 Å². The number of sulfone groups is 1. The first-order valence-electron chi connectivity index (χ1n) is 9.36. The van der Waals surface area contributed by atoms with E-state index in [1.165, 1.54) is 5.01 Å². The van der Waals surface area contributed by atoms with Crippen LogP contribution in [0.2, 0.25) is 0 Å². The van der Waals surface area contributed by atoms with Crippen LogP contribution < -0.4 is 5.32 Å². The second-order valence-electron chi connectivity index (χ2n) is 7.21. The quantitative estimate of drug-likeness (QED) is 0.777. The molecule has 1 aromatic heterocycles. The van der Waals surface area contributed by atoms with Crippen LogP contribution in [0.15, 0.2) is 35.6 Å². The number of H-pyrrole nitrogens is 1. The number of amides is 2. The molecule has 0 radical (unpaired) electrons. The molecule has 4 rings (SSSR count). The highest BCUT2D eigenvalue weighted by molar-refractivity contribution is 7.91. The van der Waals surface area contributed by atoms with Crippen molar-refractivity contribution in [1.82, 2.24) is 15.3 Å². The number of hydrogen-bond donors (Lipinski definition) is 2. The summed E-state index contributed by atoms with van der Waals surface area (Å²) in [6.45, 7) is 0.450. The van der Waals surface area contributed by atoms with Crippen LogP contribution in [0.1, 0.15) is 24.8 Å². The van der Waals surface area contributed by atoms with Gasteiger partial charge >= 0.3 is 0 Å². The third-order valence-electron chi connectivity index (χ3n) is 5.23. The van der Waals surface area contributed by atoms with Gasteiger partial charge in [-0.25, -0.2) is 13.4 Å². The van der Waals surface area contributed by atoms with E-state index in [2.05, 4.69) is 15.4 Å². The predicted molar refractivity (Wildman–Crippen MR) is 106 cm³/mol. The average Bonchev–Trinajstić information content (AvgIpc) is 3.25. The van der Waals surface area contributed by atoms with Crippen molar-refractivity contribution in [3.05, 3.63) is 36.0 Å². The number of hydrogen-bond acceptors (Lipinski definition) is 5. The summed E-state index contributed by atoms with van der Waals surface area (Å²) in [4.78, 5) is 27.8. The molecule has 2 aliphatic heterocycles. The summed E-state index contributed by atoms with van der Waals surface area (Å²) in [6.07, 6.45) is 3.43. The number of carbonyl (C=O) groups excluding carboxylic acids is 2. The minimum absolute atomic E-state index is 0.0586. The second-order valence-corrected chi connectivity index (χ2v) is 9.44. The molecule has 3 heterocycles. The van der Waals surface area contributed by atoms with Crippen LogP contribution in [0.25, 0.3) is 10.9 Å². The maximum absolute atomic E-state index is 12.5. The largest absolute Gasteiger partial charge is 0.361 e. The molecule has 1 aromatic carbocycles. The van der Waals surface area contributed by atoms with E-state index in [-0.39, 0.29) is 41.9 Å². The number of nitrogens with one attached hydrogen (secondary N) is 2. The van der Waals surface area contributed by atoms with Gasteiger partial charge in [0.25, 0.3) is 5.91 Å². The highest BCUT2D eigenvalue weighted by Crippen LogP contribution is 2.22. The lowest BCUT2D eigenvalue weighted by Gasteiger charge is -2.27. The van der Waals surface area contributed by atoms with Gasteiger partial charge in [0.2, 0.25) is 5.91 Å². The van der Waals surface area contributed by atoms with Crippen molar-refractivity contribution in [2.24, 2.45) is 5.10 Å². The Morgan fingerprint density at radius 2 is 2.11 bits per heavy atom. The van der Waals surface area contributed by atoms with E-state index in [0.717, 1.165) is 16.5 Å². The maximum Gasteiger partial charge on any atom is 0.267 e. The molecule has 1 atom stereocenters. The molecule has 0 spiro atoms. The van der Waals surface area contributed by atoms with E-state index in [4.69, 9.17) is 0 Å². The van der Waals surface area contributed by atoms with Crippen molar-refractivity contribution in [1.29, 1.82) is 0 Å². The smallest absolute Gasteiger partial charge is 0.267 e. The Morgan fingerprint density at radius 1 is 1.29 bits per heavy atom. The van der Waals surface area contributed by atoms with Crippen LogP contribution in [0, 0.1) is 0 Å². The Morgan fingerprint density at radius 3 is 2.89 bits per heavy atom. The zero-order valence-corrected chi connectivity index (χ0v) is 16.2. The Labute approximate surface area is 162 Å². The first-order chi connectivity index (χ1) is 13.4. The predicted octanol–water partition coefficient (Wildman–Crippen LogP) is 0.992. The minimum atomic E-state index is -3.13. The van der Waals surface area contributed by atoms with Crippen LogP contribution in [0.5, 0.6) is 0 Å². The first kappa shape index (κ1) is 18.7. The van der Waals surface area contributed by atoms with Crippen LogP contribution >= 0.6 is 0 Å². The van der Waals surface area contributed by atoms with E-state index < -0.39 is 15.9 Å². The fourth-order valence-electron chi connectivity index (χ4n) is 3.74. The topological polar surface area (TPSA) is 112 Å². The van der Waals surface area contributed by atoms with Gasteiger partial charge in [-0.3, -0.25) is 9.59 Å². The third kappa shape index (κ3) is 3.80. The summed E-state index contributed by atoms with van der Waals surface area (Å²) < 4.78 is 23.4. The van der Waals surface area contributed by atoms with Gasteiger partial charge in [0, 0.05) is 36.5 Å². The molecule has 2 aromatic rings. The number of carbonyl (C=O) groups is 2. The lowest BCUT2D eigenvalue weighted by molar-refractivity contribution is -0.133. The number of para-hydroxylation sites is 1. The SMILES string of the molecule is O=C(NCCc1c[nH]c2ccccc12)C1=NN([C@H]2CCS(=O)(=O)C2)C(=O)CC1. The molecule has 2 aliphatic rings. The van der Waals surface area contributed by atoms with Gasteiger partial charge in [0.1, 0.15) is 5.71 Å². The van der Waals surface area contributed by atoms with E-state index in [1.807, 2.05) is 30.5 Å². The zero-order valence-electron chi connectivity index (χ0n) is 15.3. The van der Waals surface area contributed by atoms with Gasteiger partial charge < -0.3 is 10.3 Å². The van der Waals surface area contributed by atoms with Gasteiger partial charge in [-0.1, -0.05) is 18.2 Å². The van der Waals surface area contributed by atoms with Crippen molar-refractivity contribution >= 4 is 38.3 Å². The van der Waals surface area contributed by atoms with E-state index in [9.17, 15) is 18.0 Å². The number of rotatable bonds is 5. The lowest BCUT2D eigenvalue weighted by atomic mass is 10.1. The minimum Gasteiger partial charge on any atom is -0.361 e. The van der Waals surface area contributed by atoms with Crippen LogP contribution in [-0.4, -0.2) is 60.0 Å². The maximum atomic E-state index is 12.5. The lowest BCUT2D eigenvalue weighted by Crippen LogP contribution is -2.44.